The van der Waals surface area contributed by atoms with E-state index in [4.69, 9.17) is 10.1 Å². The van der Waals surface area contributed by atoms with Gasteiger partial charge in [-0.2, -0.15) is 5.26 Å². The van der Waals surface area contributed by atoms with Crippen LogP contribution >= 0.6 is 0 Å². The summed E-state index contributed by atoms with van der Waals surface area (Å²) in [6.45, 7) is 0.349. The van der Waals surface area contributed by atoms with Crippen molar-refractivity contribution in [3.05, 3.63) is 53.5 Å². The van der Waals surface area contributed by atoms with Gasteiger partial charge in [-0.25, -0.2) is 23.8 Å². The first-order valence-electron chi connectivity index (χ1n) is 8.95. The number of halogens is 2. The second-order valence-corrected chi connectivity index (χ2v) is 6.89. The second kappa shape index (κ2) is 7.48. The lowest BCUT2D eigenvalue weighted by Crippen LogP contribution is -2.45. The van der Waals surface area contributed by atoms with Gasteiger partial charge in [0.2, 0.25) is 5.91 Å². The van der Waals surface area contributed by atoms with Gasteiger partial charge in [0.05, 0.1) is 12.6 Å². The summed E-state index contributed by atoms with van der Waals surface area (Å²) in [6, 6.07) is 6.79. The number of benzene rings is 1. The van der Waals surface area contributed by atoms with Crippen LogP contribution in [0.15, 0.2) is 30.6 Å². The summed E-state index contributed by atoms with van der Waals surface area (Å²) in [5.74, 6) is -1.70. The second-order valence-electron chi connectivity index (χ2n) is 6.89. The highest BCUT2D eigenvalue weighted by molar-refractivity contribution is 5.80. The number of hydrogen-bond donors (Lipinski definition) is 1. The number of amides is 1. The van der Waals surface area contributed by atoms with Crippen molar-refractivity contribution in [2.75, 3.05) is 11.9 Å². The number of nitrogens with one attached hydrogen (secondary N) is 1. The topological polar surface area (TPSA) is 91.1 Å². The van der Waals surface area contributed by atoms with Gasteiger partial charge in [0, 0.05) is 24.4 Å². The van der Waals surface area contributed by atoms with E-state index in [9.17, 15) is 13.6 Å². The molecule has 2 aromatic rings. The third-order valence-corrected chi connectivity index (χ3v) is 5.07. The van der Waals surface area contributed by atoms with Crippen LogP contribution in [0.3, 0.4) is 0 Å². The number of anilines is 1. The van der Waals surface area contributed by atoms with E-state index in [1.54, 1.807) is 6.07 Å². The molecular formula is C19H17F2N5O2. The molecule has 0 spiro atoms. The summed E-state index contributed by atoms with van der Waals surface area (Å²) in [4.78, 5) is 26.2. The molecule has 2 heterocycles. The van der Waals surface area contributed by atoms with E-state index in [2.05, 4.69) is 15.3 Å². The Kier molecular flexibility index (Phi) is 4.88. The molecule has 1 aliphatic heterocycles. The molecule has 1 N–H and O–H groups in total. The Morgan fingerprint density at radius 1 is 1.25 bits per heavy atom. The Morgan fingerprint density at radius 2 is 2.07 bits per heavy atom. The number of nitriles is 1. The van der Waals surface area contributed by atoms with E-state index in [0.717, 1.165) is 12.1 Å². The number of rotatable bonds is 4. The molecule has 0 bridgehead atoms. The van der Waals surface area contributed by atoms with Crippen molar-refractivity contribution in [2.45, 2.75) is 31.3 Å². The standard InChI is InChI=1S/C19H17F2N5O2/c20-15-2-1-11(7-16(15)21)17-3-4-28-26(17)19(27)12-5-13(6-12)25-18-8-14(9-22)23-10-24-18/h1-2,7-8,10,12-13,17H,3-6H2,(H,23,24,25)/t12?,13?,17-/m0/s1. The minimum Gasteiger partial charge on any atom is -0.367 e. The third kappa shape index (κ3) is 3.51. The molecule has 9 heteroatoms. The summed E-state index contributed by atoms with van der Waals surface area (Å²) in [6.07, 6.45) is 3.03. The van der Waals surface area contributed by atoms with Crippen LogP contribution in [0.2, 0.25) is 0 Å². The van der Waals surface area contributed by atoms with Gasteiger partial charge in [-0.15, -0.1) is 0 Å². The van der Waals surface area contributed by atoms with Crippen LogP contribution in [0, 0.1) is 28.9 Å². The Bertz CT molecular complexity index is 942. The van der Waals surface area contributed by atoms with E-state index in [0.29, 0.717) is 37.3 Å². The van der Waals surface area contributed by atoms with Gasteiger partial charge in [-0.3, -0.25) is 9.63 Å². The fourth-order valence-corrected chi connectivity index (χ4v) is 3.53. The molecule has 1 aromatic heterocycles. The molecule has 28 heavy (non-hydrogen) atoms. The molecule has 1 saturated carbocycles. The highest BCUT2D eigenvalue weighted by Crippen LogP contribution is 2.37. The van der Waals surface area contributed by atoms with Crippen LogP contribution in [-0.2, 0) is 9.63 Å². The number of carbonyl (C=O) groups excluding carboxylic acids is 1. The Hall–Kier alpha value is -3.12. The minimum atomic E-state index is -0.939. The Labute approximate surface area is 159 Å². The van der Waals surface area contributed by atoms with Crippen molar-refractivity contribution in [2.24, 2.45) is 5.92 Å². The first-order valence-corrected chi connectivity index (χ1v) is 8.95. The fourth-order valence-electron chi connectivity index (χ4n) is 3.53. The molecule has 1 aliphatic carbocycles. The monoisotopic (exact) mass is 385 g/mol. The molecule has 1 aromatic carbocycles. The van der Waals surface area contributed by atoms with Crippen LogP contribution in [0.1, 0.15) is 36.6 Å². The highest BCUT2D eigenvalue weighted by Gasteiger charge is 2.42. The van der Waals surface area contributed by atoms with E-state index in [1.807, 2.05) is 6.07 Å². The summed E-state index contributed by atoms with van der Waals surface area (Å²) in [7, 11) is 0. The molecule has 2 fully saturated rings. The third-order valence-electron chi connectivity index (χ3n) is 5.07. The van der Waals surface area contributed by atoms with Crippen LogP contribution < -0.4 is 5.32 Å². The van der Waals surface area contributed by atoms with Crippen molar-refractivity contribution in [1.29, 1.82) is 5.26 Å². The average Bonchev–Trinajstić information content (AvgIpc) is 3.16. The van der Waals surface area contributed by atoms with Gasteiger partial charge in [-0.05, 0) is 30.5 Å². The average molecular weight is 385 g/mol. The Morgan fingerprint density at radius 3 is 2.82 bits per heavy atom. The number of nitrogens with zero attached hydrogens (tertiary/aromatic N) is 4. The van der Waals surface area contributed by atoms with Crippen LogP contribution in [0.4, 0.5) is 14.6 Å². The van der Waals surface area contributed by atoms with E-state index in [1.165, 1.54) is 17.5 Å². The molecule has 1 amide bonds. The zero-order chi connectivity index (χ0) is 19.7. The lowest BCUT2D eigenvalue weighted by Gasteiger charge is -2.37. The zero-order valence-corrected chi connectivity index (χ0v) is 14.8. The highest BCUT2D eigenvalue weighted by atomic mass is 19.2. The lowest BCUT2D eigenvalue weighted by atomic mass is 9.79. The van der Waals surface area contributed by atoms with E-state index in [-0.39, 0.29) is 23.6 Å². The number of carbonyl (C=O) groups is 1. The Balaban J connectivity index is 1.37. The lowest BCUT2D eigenvalue weighted by molar-refractivity contribution is -0.184. The normalized spacial score (nSPS) is 23.8. The molecule has 7 nitrogen and oxygen atoms in total. The largest absolute Gasteiger partial charge is 0.367 e. The summed E-state index contributed by atoms with van der Waals surface area (Å²) in [5.41, 5.74) is 0.785. The maximum atomic E-state index is 13.6. The number of hydroxylamine groups is 2. The van der Waals surface area contributed by atoms with Gasteiger partial charge in [0.1, 0.15) is 23.9 Å². The molecule has 1 atom stereocenters. The predicted molar refractivity (Wildman–Crippen MR) is 93.4 cm³/mol. The summed E-state index contributed by atoms with van der Waals surface area (Å²) in [5, 5.41) is 13.4. The van der Waals surface area contributed by atoms with Crippen LogP contribution in [-0.4, -0.2) is 33.6 Å². The molecule has 144 valence electrons. The molecule has 4 rings (SSSR count). The van der Waals surface area contributed by atoms with Gasteiger partial charge in [0.15, 0.2) is 11.6 Å². The SMILES string of the molecule is N#Cc1cc(NC2CC(C(=O)N3OCC[C@H]3c3ccc(F)c(F)c3)C2)ncn1. The van der Waals surface area contributed by atoms with Crippen molar-refractivity contribution in [3.63, 3.8) is 0 Å². The van der Waals surface area contributed by atoms with Crippen molar-refractivity contribution < 1.29 is 18.4 Å². The number of hydrogen-bond acceptors (Lipinski definition) is 6. The predicted octanol–water partition coefficient (Wildman–Crippen LogP) is 2.72. The van der Waals surface area contributed by atoms with Crippen LogP contribution in [0.5, 0.6) is 0 Å². The van der Waals surface area contributed by atoms with Crippen molar-refractivity contribution >= 4 is 11.7 Å². The smallest absolute Gasteiger partial charge is 0.249 e. The molecule has 2 aliphatic rings. The summed E-state index contributed by atoms with van der Waals surface area (Å²) >= 11 is 0. The maximum absolute atomic E-state index is 13.6. The first-order chi connectivity index (χ1) is 13.5. The quantitative estimate of drug-likeness (QED) is 0.870. The molecule has 1 saturated heterocycles. The van der Waals surface area contributed by atoms with Gasteiger partial charge >= 0.3 is 0 Å². The van der Waals surface area contributed by atoms with E-state index < -0.39 is 17.7 Å². The zero-order valence-electron chi connectivity index (χ0n) is 14.8. The minimum absolute atomic E-state index is 0.0553. The van der Waals surface area contributed by atoms with Gasteiger partial charge < -0.3 is 5.32 Å². The first kappa shape index (κ1) is 18.3. The van der Waals surface area contributed by atoms with Gasteiger partial charge in [0.25, 0.3) is 0 Å². The van der Waals surface area contributed by atoms with Crippen molar-refractivity contribution in [1.82, 2.24) is 15.0 Å². The van der Waals surface area contributed by atoms with Crippen molar-refractivity contribution in [3.8, 4) is 6.07 Å². The summed E-state index contributed by atoms with van der Waals surface area (Å²) < 4.78 is 26.7. The number of aromatic nitrogens is 2. The van der Waals surface area contributed by atoms with E-state index >= 15 is 0 Å². The van der Waals surface area contributed by atoms with Crippen LogP contribution in [0.25, 0.3) is 0 Å². The molecule has 0 radical (unpaired) electrons. The molecular weight excluding hydrogens is 368 g/mol. The maximum Gasteiger partial charge on any atom is 0.249 e. The van der Waals surface area contributed by atoms with Gasteiger partial charge in [-0.1, -0.05) is 6.07 Å². The fraction of sp³-hybridized carbons (Fsp3) is 0.368. The molecule has 0 unspecified atom stereocenters.